The Kier molecular flexibility index (Phi) is 2.36. The molecule has 0 spiro atoms. The van der Waals surface area contributed by atoms with Crippen molar-refractivity contribution in [1.29, 1.82) is 0 Å². The summed E-state index contributed by atoms with van der Waals surface area (Å²) in [5.41, 5.74) is 0.253. The van der Waals surface area contributed by atoms with Gasteiger partial charge in [0.1, 0.15) is 6.29 Å². The number of hydrogen-bond acceptors (Lipinski definition) is 3. The standard InChI is InChI=1S/C7H9NO3/c9-5-6-1-3-7(4-2-6)8(10)11/h3,5-6H,1-2,4H2. The minimum absolute atomic E-state index is 0.00120. The second-order valence-corrected chi connectivity index (χ2v) is 2.62. The molecule has 0 fully saturated rings. The number of nitrogens with zero attached hydrogens (tertiary/aromatic N) is 1. The van der Waals surface area contributed by atoms with Crippen LogP contribution in [0.4, 0.5) is 0 Å². The van der Waals surface area contributed by atoms with E-state index in [2.05, 4.69) is 0 Å². The molecule has 4 nitrogen and oxygen atoms in total. The number of carbonyl (C=O) groups excluding carboxylic acids is 1. The van der Waals surface area contributed by atoms with Gasteiger partial charge in [-0.15, -0.1) is 0 Å². The Morgan fingerprint density at radius 2 is 2.45 bits per heavy atom. The van der Waals surface area contributed by atoms with E-state index in [1.54, 1.807) is 6.08 Å². The number of allylic oxidation sites excluding steroid dienone is 2. The van der Waals surface area contributed by atoms with Crippen LogP contribution in [0.2, 0.25) is 0 Å². The van der Waals surface area contributed by atoms with E-state index in [0.29, 0.717) is 19.3 Å². The lowest BCUT2D eigenvalue weighted by Gasteiger charge is -2.10. The Hall–Kier alpha value is -1.19. The summed E-state index contributed by atoms with van der Waals surface area (Å²) in [6, 6.07) is 0. The largest absolute Gasteiger partial charge is 0.303 e. The van der Waals surface area contributed by atoms with Crippen molar-refractivity contribution in [3.8, 4) is 0 Å². The van der Waals surface area contributed by atoms with Gasteiger partial charge in [0.25, 0.3) is 0 Å². The normalized spacial score (nSPS) is 24.0. The lowest BCUT2D eigenvalue weighted by atomic mass is 9.94. The molecule has 1 unspecified atom stereocenters. The van der Waals surface area contributed by atoms with Crippen molar-refractivity contribution in [3.05, 3.63) is 21.9 Å². The third-order valence-electron chi connectivity index (χ3n) is 1.85. The van der Waals surface area contributed by atoms with E-state index >= 15 is 0 Å². The Balaban J connectivity index is 2.57. The van der Waals surface area contributed by atoms with E-state index in [9.17, 15) is 14.9 Å². The molecule has 0 amide bonds. The molecule has 0 saturated heterocycles. The van der Waals surface area contributed by atoms with Crippen molar-refractivity contribution in [2.24, 2.45) is 5.92 Å². The Morgan fingerprint density at radius 1 is 1.73 bits per heavy atom. The predicted octanol–water partition coefficient (Wildman–Crippen LogP) is 1.15. The van der Waals surface area contributed by atoms with Gasteiger partial charge in [-0.3, -0.25) is 10.1 Å². The molecule has 0 saturated carbocycles. The van der Waals surface area contributed by atoms with E-state index in [-0.39, 0.29) is 16.5 Å². The van der Waals surface area contributed by atoms with Gasteiger partial charge < -0.3 is 4.79 Å². The van der Waals surface area contributed by atoms with Crippen LogP contribution >= 0.6 is 0 Å². The third-order valence-corrected chi connectivity index (χ3v) is 1.85. The van der Waals surface area contributed by atoms with E-state index in [1.165, 1.54) is 0 Å². The predicted molar refractivity (Wildman–Crippen MR) is 38.5 cm³/mol. The summed E-state index contributed by atoms with van der Waals surface area (Å²) in [4.78, 5) is 20.1. The molecule has 11 heavy (non-hydrogen) atoms. The van der Waals surface area contributed by atoms with Crippen LogP contribution < -0.4 is 0 Å². The highest BCUT2D eigenvalue weighted by Crippen LogP contribution is 2.21. The van der Waals surface area contributed by atoms with Gasteiger partial charge in [0.2, 0.25) is 5.70 Å². The van der Waals surface area contributed by atoms with Crippen LogP contribution in [0.25, 0.3) is 0 Å². The van der Waals surface area contributed by atoms with Crippen LogP contribution in [0, 0.1) is 16.0 Å². The van der Waals surface area contributed by atoms with E-state index < -0.39 is 0 Å². The molecule has 0 heterocycles. The van der Waals surface area contributed by atoms with E-state index in [0.717, 1.165) is 6.29 Å². The summed E-state index contributed by atoms with van der Waals surface area (Å²) < 4.78 is 0. The molecule has 1 atom stereocenters. The van der Waals surface area contributed by atoms with Crippen LogP contribution in [0.15, 0.2) is 11.8 Å². The molecular weight excluding hydrogens is 146 g/mol. The molecule has 4 heteroatoms. The van der Waals surface area contributed by atoms with Crippen LogP contribution in [0.3, 0.4) is 0 Å². The van der Waals surface area contributed by atoms with Gasteiger partial charge in [-0.1, -0.05) is 0 Å². The summed E-state index contributed by atoms with van der Waals surface area (Å²) in [6.07, 6.45) is 3.99. The summed E-state index contributed by atoms with van der Waals surface area (Å²) in [6.45, 7) is 0. The van der Waals surface area contributed by atoms with Gasteiger partial charge >= 0.3 is 0 Å². The first-order chi connectivity index (χ1) is 5.24. The SMILES string of the molecule is O=CC1CC=C([N+](=O)[O-])CC1. The molecule has 0 aromatic rings. The molecule has 1 rings (SSSR count). The fourth-order valence-corrected chi connectivity index (χ4v) is 1.13. The van der Waals surface area contributed by atoms with Crippen LogP contribution in [-0.4, -0.2) is 11.2 Å². The molecule has 60 valence electrons. The number of aldehydes is 1. The Morgan fingerprint density at radius 3 is 2.82 bits per heavy atom. The van der Waals surface area contributed by atoms with Crippen LogP contribution in [0.5, 0.6) is 0 Å². The highest BCUT2D eigenvalue weighted by molar-refractivity contribution is 5.54. The quantitative estimate of drug-likeness (QED) is 0.341. The molecular formula is C7H9NO3. The van der Waals surface area contributed by atoms with E-state index in [1.807, 2.05) is 0 Å². The zero-order valence-corrected chi connectivity index (χ0v) is 6.03. The number of carbonyl (C=O) groups is 1. The monoisotopic (exact) mass is 155 g/mol. The van der Waals surface area contributed by atoms with Gasteiger partial charge in [0.15, 0.2) is 0 Å². The summed E-state index contributed by atoms with van der Waals surface area (Å²) >= 11 is 0. The van der Waals surface area contributed by atoms with Crippen molar-refractivity contribution >= 4 is 6.29 Å². The van der Waals surface area contributed by atoms with Crippen molar-refractivity contribution < 1.29 is 9.72 Å². The van der Waals surface area contributed by atoms with Crippen molar-refractivity contribution in [2.45, 2.75) is 19.3 Å². The number of rotatable bonds is 2. The zero-order valence-electron chi connectivity index (χ0n) is 6.03. The first-order valence-electron chi connectivity index (χ1n) is 3.52. The molecule has 1 aliphatic rings. The molecule has 0 N–H and O–H groups in total. The Bertz CT molecular complexity index is 210. The fraction of sp³-hybridized carbons (Fsp3) is 0.571. The van der Waals surface area contributed by atoms with Crippen molar-refractivity contribution in [1.82, 2.24) is 0 Å². The third kappa shape index (κ3) is 1.86. The highest BCUT2D eigenvalue weighted by atomic mass is 16.6. The minimum atomic E-state index is -0.374. The molecule has 0 radical (unpaired) electrons. The van der Waals surface area contributed by atoms with Gasteiger partial charge in [-0.25, -0.2) is 0 Å². The minimum Gasteiger partial charge on any atom is -0.303 e. The van der Waals surface area contributed by atoms with Crippen molar-refractivity contribution in [3.63, 3.8) is 0 Å². The second kappa shape index (κ2) is 3.27. The van der Waals surface area contributed by atoms with Gasteiger partial charge in [0.05, 0.1) is 4.92 Å². The van der Waals surface area contributed by atoms with Crippen LogP contribution in [0.1, 0.15) is 19.3 Å². The lowest BCUT2D eigenvalue weighted by molar-refractivity contribution is -0.429. The summed E-state index contributed by atoms with van der Waals surface area (Å²) in [5, 5.41) is 10.2. The molecule has 0 aromatic heterocycles. The highest BCUT2D eigenvalue weighted by Gasteiger charge is 2.19. The summed E-state index contributed by atoms with van der Waals surface area (Å²) in [5.74, 6) is -0.00120. The van der Waals surface area contributed by atoms with Crippen LogP contribution in [-0.2, 0) is 4.79 Å². The van der Waals surface area contributed by atoms with Gasteiger partial charge in [0, 0.05) is 12.3 Å². The maximum Gasteiger partial charge on any atom is 0.242 e. The molecule has 1 aliphatic carbocycles. The van der Waals surface area contributed by atoms with E-state index in [4.69, 9.17) is 0 Å². The number of nitro groups is 1. The Labute approximate surface area is 64.0 Å². The van der Waals surface area contributed by atoms with Crippen molar-refractivity contribution in [2.75, 3.05) is 0 Å². The average Bonchev–Trinajstić information content (AvgIpc) is 2.05. The number of hydrogen-bond donors (Lipinski definition) is 0. The second-order valence-electron chi connectivity index (χ2n) is 2.62. The molecule has 0 aliphatic heterocycles. The lowest BCUT2D eigenvalue weighted by Crippen LogP contribution is -2.10. The maximum absolute atomic E-state index is 10.2. The maximum atomic E-state index is 10.2. The first kappa shape index (κ1) is 7.91. The first-order valence-corrected chi connectivity index (χ1v) is 3.52. The molecule has 0 bridgehead atoms. The molecule has 0 aromatic carbocycles. The summed E-state index contributed by atoms with van der Waals surface area (Å²) in [7, 11) is 0. The fourth-order valence-electron chi connectivity index (χ4n) is 1.13. The van der Waals surface area contributed by atoms with Gasteiger partial charge in [-0.2, -0.15) is 0 Å². The van der Waals surface area contributed by atoms with Gasteiger partial charge in [-0.05, 0) is 18.9 Å². The smallest absolute Gasteiger partial charge is 0.242 e. The average molecular weight is 155 g/mol. The zero-order chi connectivity index (χ0) is 8.27. The topological polar surface area (TPSA) is 60.2 Å².